The van der Waals surface area contributed by atoms with Crippen LogP contribution < -0.4 is 5.32 Å². The number of amides is 1. The van der Waals surface area contributed by atoms with Crippen molar-refractivity contribution in [1.82, 2.24) is 14.9 Å². The summed E-state index contributed by atoms with van der Waals surface area (Å²) in [5.41, 5.74) is 1.56. The number of pyridine rings is 1. The molecule has 3 heterocycles. The van der Waals surface area contributed by atoms with Crippen molar-refractivity contribution < 1.29 is 9.90 Å². The van der Waals surface area contributed by atoms with Gasteiger partial charge in [-0.25, -0.2) is 4.98 Å². The fourth-order valence-electron chi connectivity index (χ4n) is 3.04. The molecule has 3 rings (SSSR count). The highest BCUT2D eigenvalue weighted by Gasteiger charge is 2.37. The summed E-state index contributed by atoms with van der Waals surface area (Å²) < 4.78 is 0. The van der Waals surface area contributed by atoms with E-state index in [9.17, 15) is 9.90 Å². The number of aryl methyl sites for hydroxylation is 2. The quantitative estimate of drug-likeness (QED) is 0.876. The molecule has 0 aliphatic carbocycles. The third kappa shape index (κ3) is 3.67. The molecular weight excluding hydrogens is 336 g/mol. The summed E-state index contributed by atoms with van der Waals surface area (Å²) in [5, 5.41) is 14.8. The Morgan fingerprint density at radius 1 is 1.36 bits per heavy atom. The molecule has 0 aromatic carbocycles. The highest BCUT2D eigenvalue weighted by atomic mass is 32.1. The average molecular weight is 360 g/mol. The van der Waals surface area contributed by atoms with Crippen LogP contribution in [0.4, 0.5) is 5.13 Å². The van der Waals surface area contributed by atoms with Gasteiger partial charge >= 0.3 is 0 Å². The Morgan fingerprint density at radius 2 is 2.08 bits per heavy atom. The Labute approximate surface area is 151 Å². The van der Waals surface area contributed by atoms with Crippen LogP contribution in [0.2, 0.25) is 0 Å². The van der Waals surface area contributed by atoms with E-state index in [0.717, 1.165) is 22.9 Å². The molecule has 0 unspecified atom stereocenters. The van der Waals surface area contributed by atoms with Crippen molar-refractivity contribution in [3.63, 3.8) is 0 Å². The van der Waals surface area contributed by atoms with E-state index in [1.165, 1.54) is 11.3 Å². The zero-order chi connectivity index (χ0) is 18.0. The smallest absolute Gasteiger partial charge is 0.265 e. The predicted molar refractivity (Wildman–Crippen MR) is 99.0 cm³/mol. The second-order valence-corrected chi connectivity index (χ2v) is 7.51. The summed E-state index contributed by atoms with van der Waals surface area (Å²) in [6.45, 7) is 7.64. The Balaban J connectivity index is 1.69. The minimum atomic E-state index is -0.956. The van der Waals surface area contributed by atoms with E-state index in [2.05, 4.69) is 15.3 Å². The molecule has 2 aromatic heterocycles. The minimum Gasteiger partial charge on any atom is -0.383 e. The van der Waals surface area contributed by atoms with Gasteiger partial charge in [-0.1, -0.05) is 17.4 Å². The summed E-state index contributed by atoms with van der Waals surface area (Å²) in [7, 11) is 0. The number of carbonyl (C=O) groups excluding carboxylic acids is 1. The number of nitrogens with zero attached hydrogens (tertiary/aromatic N) is 3. The normalized spacial score (nSPS) is 16.7. The van der Waals surface area contributed by atoms with Crippen LogP contribution in [0.1, 0.15) is 46.4 Å². The topological polar surface area (TPSA) is 78.4 Å². The molecule has 1 saturated heterocycles. The third-order valence-electron chi connectivity index (χ3n) is 4.58. The fraction of sp³-hybridized carbons (Fsp3) is 0.500. The molecule has 0 bridgehead atoms. The van der Waals surface area contributed by atoms with Gasteiger partial charge in [-0.3, -0.25) is 9.78 Å². The fourth-order valence-corrected chi connectivity index (χ4v) is 4.05. The van der Waals surface area contributed by atoms with Crippen molar-refractivity contribution in [2.45, 2.75) is 39.2 Å². The molecule has 0 radical (unpaired) electrons. The van der Waals surface area contributed by atoms with E-state index in [0.29, 0.717) is 36.5 Å². The molecule has 0 saturated carbocycles. The lowest BCUT2D eigenvalue weighted by Gasteiger charge is -2.37. The van der Waals surface area contributed by atoms with Crippen LogP contribution in [0.3, 0.4) is 0 Å². The zero-order valence-corrected chi connectivity index (χ0v) is 15.7. The van der Waals surface area contributed by atoms with Crippen molar-refractivity contribution in [3.8, 4) is 0 Å². The largest absolute Gasteiger partial charge is 0.383 e. The van der Waals surface area contributed by atoms with Gasteiger partial charge in [0.05, 0.1) is 11.4 Å². The van der Waals surface area contributed by atoms with E-state index in [-0.39, 0.29) is 5.91 Å². The van der Waals surface area contributed by atoms with Crippen molar-refractivity contribution >= 4 is 22.4 Å². The molecule has 7 heteroatoms. The van der Waals surface area contributed by atoms with Gasteiger partial charge in [0.2, 0.25) is 0 Å². The Kier molecular flexibility index (Phi) is 5.06. The minimum absolute atomic E-state index is 0.00179. The van der Waals surface area contributed by atoms with Gasteiger partial charge in [0.15, 0.2) is 5.13 Å². The number of anilines is 1. The summed E-state index contributed by atoms with van der Waals surface area (Å²) in [6, 6.07) is 3.84. The molecular formula is C18H24N4O2S. The highest BCUT2D eigenvalue weighted by Crippen LogP contribution is 2.33. The maximum atomic E-state index is 12.8. The van der Waals surface area contributed by atoms with Gasteiger partial charge in [-0.15, -0.1) is 0 Å². The first-order chi connectivity index (χ1) is 11.9. The van der Waals surface area contributed by atoms with E-state index in [1.807, 2.05) is 32.9 Å². The maximum absolute atomic E-state index is 12.8. The Bertz CT molecular complexity index is 749. The van der Waals surface area contributed by atoms with Gasteiger partial charge in [-0.2, -0.15) is 0 Å². The van der Waals surface area contributed by atoms with Gasteiger partial charge in [0.25, 0.3) is 5.91 Å². The number of aromatic nitrogens is 2. The molecule has 1 fully saturated rings. The van der Waals surface area contributed by atoms with Crippen LogP contribution in [0, 0.1) is 13.8 Å². The second kappa shape index (κ2) is 7.09. The van der Waals surface area contributed by atoms with Crippen molar-refractivity contribution in [1.29, 1.82) is 0 Å². The van der Waals surface area contributed by atoms with Gasteiger partial charge < -0.3 is 15.3 Å². The van der Waals surface area contributed by atoms with Crippen molar-refractivity contribution in [2.24, 2.45) is 0 Å². The summed E-state index contributed by atoms with van der Waals surface area (Å²) in [4.78, 5) is 24.1. The predicted octanol–water partition coefficient (Wildman–Crippen LogP) is 2.71. The molecule has 1 aliphatic heterocycles. The van der Waals surface area contributed by atoms with E-state index in [4.69, 9.17) is 0 Å². The van der Waals surface area contributed by atoms with E-state index < -0.39 is 5.60 Å². The Morgan fingerprint density at radius 3 is 2.68 bits per heavy atom. The molecule has 1 amide bonds. The van der Waals surface area contributed by atoms with Gasteiger partial charge in [-0.05, 0) is 45.2 Å². The summed E-state index contributed by atoms with van der Waals surface area (Å²) >= 11 is 1.40. The number of hydrogen-bond donors (Lipinski definition) is 2. The molecule has 1 aliphatic rings. The number of piperidine rings is 1. The lowest BCUT2D eigenvalue weighted by Crippen LogP contribution is -2.45. The van der Waals surface area contributed by atoms with E-state index >= 15 is 0 Å². The number of nitrogens with one attached hydrogen (secondary N) is 1. The summed E-state index contributed by atoms with van der Waals surface area (Å²) in [5.74, 6) is -0.00179. The maximum Gasteiger partial charge on any atom is 0.265 e. The lowest BCUT2D eigenvalue weighted by atomic mass is 9.87. The van der Waals surface area contributed by atoms with Crippen LogP contribution in [0.5, 0.6) is 0 Å². The average Bonchev–Trinajstić information content (AvgIpc) is 2.96. The van der Waals surface area contributed by atoms with Crippen LogP contribution in [0.25, 0.3) is 0 Å². The molecule has 134 valence electrons. The monoisotopic (exact) mass is 360 g/mol. The van der Waals surface area contributed by atoms with Crippen molar-refractivity contribution in [2.75, 3.05) is 25.0 Å². The first-order valence-electron chi connectivity index (χ1n) is 8.59. The molecule has 6 nitrogen and oxygen atoms in total. The van der Waals surface area contributed by atoms with E-state index in [1.54, 1.807) is 11.1 Å². The van der Waals surface area contributed by atoms with Crippen LogP contribution >= 0.6 is 11.3 Å². The summed E-state index contributed by atoms with van der Waals surface area (Å²) in [6.07, 6.45) is 2.76. The zero-order valence-electron chi connectivity index (χ0n) is 14.9. The number of rotatable bonds is 4. The molecule has 25 heavy (non-hydrogen) atoms. The van der Waals surface area contributed by atoms with Crippen LogP contribution in [0.15, 0.2) is 18.3 Å². The van der Waals surface area contributed by atoms with Crippen LogP contribution in [-0.4, -0.2) is 45.5 Å². The molecule has 2 N–H and O–H groups in total. The molecule has 0 atom stereocenters. The molecule has 0 spiro atoms. The second-order valence-electron chi connectivity index (χ2n) is 6.51. The Hall–Kier alpha value is -1.99. The number of likely N-dealkylation sites (tertiary alicyclic amines) is 1. The first-order valence-corrected chi connectivity index (χ1v) is 9.40. The third-order valence-corrected chi connectivity index (χ3v) is 5.69. The highest BCUT2D eigenvalue weighted by molar-refractivity contribution is 7.17. The SMILES string of the molecule is CCNc1nc(C)c(C(=O)N2CCC(O)(c3ccc(C)cn3)CC2)s1. The van der Waals surface area contributed by atoms with Gasteiger partial charge in [0.1, 0.15) is 10.5 Å². The lowest BCUT2D eigenvalue weighted by molar-refractivity contribution is -0.0243. The number of aliphatic hydroxyl groups is 1. The van der Waals surface area contributed by atoms with Gasteiger partial charge in [0, 0.05) is 25.8 Å². The van der Waals surface area contributed by atoms with Crippen LogP contribution in [-0.2, 0) is 5.60 Å². The number of thiazole rings is 1. The number of carbonyl (C=O) groups is 1. The standard InChI is InChI=1S/C18H24N4O2S/c1-4-19-17-21-13(3)15(25-17)16(23)22-9-7-18(24,8-10-22)14-6-5-12(2)11-20-14/h5-6,11,24H,4,7-10H2,1-3H3,(H,19,21). The number of hydrogen-bond acceptors (Lipinski definition) is 6. The first kappa shape index (κ1) is 17.8. The molecule has 2 aromatic rings. The van der Waals surface area contributed by atoms with Crippen molar-refractivity contribution in [3.05, 3.63) is 40.2 Å².